The predicted octanol–water partition coefficient (Wildman–Crippen LogP) is 7.30. The fraction of sp³-hybridized carbons (Fsp3) is 0.0952. The number of thiophene rings is 1. The Labute approximate surface area is 181 Å². The fourth-order valence-electron chi connectivity index (χ4n) is 2.99. The van der Waals surface area contributed by atoms with Gasteiger partial charge < -0.3 is 9.32 Å². The van der Waals surface area contributed by atoms with Crippen LogP contribution < -0.4 is 0 Å². The summed E-state index contributed by atoms with van der Waals surface area (Å²) in [5.41, 5.74) is 1.01. The van der Waals surface area contributed by atoms with Gasteiger partial charge in [0.15, 0.2) is 0 Å². The second-order valence-electron chi connectivity index (χ2n) is 6.23. The Morgan fingerprint density at radius 2 is 1.79 bits per heavy atom. The molecule has 0 N–H and O–H groups in total. The van der Waals surface area contributed by atoms with Gasteiger partial charge >= 0.3 is 0 Å². The van der Waals surface area contributed by atoms with Crippen molar-refractivity contribution >= 4 is 62.1 Å². The lowest BCUT2D eigenvalue weighted by Gasteiger charge is -2.21. The topological polar surface area (TPSA) is 33.5 Å². The molecule has 0 aliphatic rings. The summed E-state index contributed by atoms with van der Waals surface area (Å²) in [7, 11) is 0. The Kier molecular flexibility index (Phi) is 5.65. The Hall–Kier alpha value is -1.98. The molecule has 2 aromatic heterocycles. The summed E-state index contributed by atoms with van der Waals surface area (Å²) in [5, 5.41) is 1.94. The minimum atomic E-state index is -0.182. The Morgan fingerprint density at radius 3 is 2.50 bits per heavy atom. The molecule has 28 heavy (non-hydrogen) atoms. The Balaban J connectivity index is 1.73. The molecule has 0 fully saturated rings. The van der Waals surface area contributed by atoms with Crippen molar-refractivity contribution in [3.8, 4) is 0 Å². The summed E-state index contributed by atoms with van der Waals surface area (Å²) in [4.78, 5) is 15.5. The highest BCUT2D eigenvalue weighted by Gasteiger charge is 2.25. The summed E-state index contributed by atoms with van der Waals surface area (Å²) < 4.78 is 6.23. The molecule has 3 nitrogen and oxygen atoms in total. The van der Waals surface area contributed by atoms with Gasteiger partial charge in [-0.1, -0.05) is 65.1 Å². The van der Waals surface area contributed by atoms with E-state index >= 15 is 0 Å². The SMILES string of the molecule is O=C(c1sc2cc(Cl)cc(Cl)c2c1Cl)N(Cc1ccccc1)Cc1ccco1. The van der Waals surface area contributed by atoms with E-state index in [2.05, 4.69) is 0 Å². The molecule has 0 atom stereocenters. The van der Waals surface area contributed by atoms with Gasteiger partial charge in [0.1, 0.15) is 10.6 Å². The number of furan rings is 1. The minimum absolute atomic E-state index is 0.182. The Bertz CT molecular complexity index is 1120. The number of hydrogen-bond donors (Lipinski definition) is 0. The quantitative estimate of drug-likeness (QED) is 0.320. The molecule has 0 radical (unpaired) electrons. The first-order valence-electron chi connectivity index (χ1n) is 8.45. The van der Waals surface area contributed by atoms with Gasteiger partial charge in [0.2, 0.25) is 0 Å². The summed E-state index contributed by atoms with van der Waals surface area (Å²) >= 11 is 20.2. The van der Waals surface area contributed by atoms with Gasteiger partial charge in [-0.15, -0.1) is 11.3 Å². The molecule has 0 saturated carbocycles. The highest BCUT2D eigenvalue weighted by Crippen LogP contribution is 2.41. The zero-order valence-electron chi connectivity index (χ0n) is 14.5. The van der Waals surface area contributed by atoms with Crippen molar-refractivity contribution in [2.45, 2.75) is 13.1 Å². The van der Waals surface area contributed by atoms with Crippen LogP contribution in [0.1, 0.15) is 21.0 Å². The number of carbonyl (C=O) groups excluding carboxylic acids is 1. The van der Waals surface area contributed by atoms with Gasteiger partial charge in [-0.2, -0.15) is 0 Å². The second kappa shape index (κ2) is 8.18. The number of hydrogen-bond acceptors (Lipinski definition) is 3. The second-order valence-corrected chi connectivity index (χ2v) is 8.51. The van der Waals surface area contributed by atoms with E-state index in [4.69, 9.17) is 39.2 Å². The van der Waals surface area contributed by atoms with Gasteiger partial charge in [0.25, 0.3) is 5.91 Å². The molecule has 0 aliphatic heterocycles. The van der Waals surface area contributed by atoms with E-state index < -0.39 is 0 Å². The summed E-state index contributed by atoms with van der Waals surface area (Å²) in [6.07, 6.45) is 1.59. The highest BCUT2D eigenvalue weighted by atomic mass is 35.5. The molecule has 0 spiro atoms. The van der Waals surface area contributed by atoms with Crippen LogP contribution in [0, 0.1) is 0 Å². The van der Waals surface area contributed by atoms with E-state index in [1.807, 2.05) is 36.4 Å². The molecule has 142 valence electrons. The third-order valence-corrected chi connectivity index (χ3v) is 6.41. The highest BCUT2D eigenvalue weighted by molar-refractivity contribution is 7.21. The number of fused-ring (bicyclic) bond motifs is 1. The van der Waals surface area contributed by atoms with Crippen LogP contribution in [0.2, 0.25) is 15.1 Å². The van der Waals surface area contributed by atoms with Gasteiger partial charge in [-0.05, 0) is 29.8 Å². The van der Waals surface area contributed by atoms with Gasteiger partial charge in [-0.3, -0.25) is 4.79 Å². The molecular weight excluding hydrogens is 437 g/mol. The Morgan fingerprint density at radius 1 is 1.00 bits per heavy atom. The molecule has 7 heteroatoms. The average molecular weight is 451 g/mol. The van der Waals surface area contributed by atoms with Crippen molar-refractivity contribution in [3.05, 3.63) is 92.1 Å². The van der Waals surface area contributed by atoms with Crippen LogP contribution in [0.4, 0.5) is 0 Å². The molecule has 0 saturated heterocycles. The maximum absolute atomic E-state index is 13.4. The van der Waals surface area contributed by atoms with Crippen LogP contribution in [-0.2, 0) is 13.1 Å². The lowest BCUT2D eigenvalue weighted by Crippen LogP contribution is -2.29. The average Bonchev–Trinajstić information content (AvgIpc) is 3.29. The van der Waals surface area contributed by atoms with Crippen molar-refractivity contribution in [1.29, 1.82) is 0 Å². The van der Waals surface area contributed by atoms with E-state index in [-0.39, 0.29) is 5.91 Å². The van der Waals surface area contributed by atoms with Crippen molar-refractivity contribution in [3.63, 3.8) is 0 Å². The molecular formula is C21H14Cl3NO2S. The fourth-order valence-corrected chi connectivity index (χ4v) is 5.33. The maximum atomic E-state index is 13.4. The number of halogens is 3. The number of rotatable bonds is 5. The smallest absolute Gasteiger partial charge is 0.266 e. The molecule has 1 amide bonds. The zero-order chi connectivity index (χ0) is 19.7. The lowest BCUT2D eigenvalue weighted by molar-refractivity contribution is 0.0723. The van der Waals surface area contributed by atoms with Gasteiger partial charge in [0, 0.05) is 21.7 Å². The molecule has 0 unspecified atom stereocenters. The van der Waals surface area contributed by atoms with E-state index in [9.17, 15) is 4.79 Å². The van der Waals surface area contributed by atoms with E-state index in [1.54, 1.807) is 29.4 Å². The normalized spacial score (nSPS) is 11.1. The number of carbonyl (C=O) groups is 1. The first-order chi connectivity index (χ1) is 13.5. The molecule has 0 bridgehead atoms. The molecule has 4 rings (SSSR count). The van der Waals surface area contributed by atoms with Crippen molar-refractivity contribution < 1.29 is 9.21 Å². The molecule has 4 aromatic rings. The summed E-state index contributed by atoms with van der Waals surface area (Å²) in [5.74, 6) is 0.515. The van der Waals surface area contributed by atoms with Crippen LogP contribution in [0.3, 0.4) is 0 Å². The monoisotopic (exact) mass is 449 g/mol. The van der Waals surface area contributed by atoms with Crippen LogP contribution in [0.5, 0.6) is 0 Å². The van der Waals surface area contributed by atoms with Crippen LogP contribution in [0.25, 0.3) is 10.1 Å². The standard InChI is InChI=1S/C21H14Cl3NO2S/c22-14-9-16(23)18-17(10-14)28-20(19(18)24)21(26)25(12-15-7-4-8-27-15)11-13-5-2-1-3-6-13/h1-10H,11-12H2. The summed E-state index contributed by atoms with van der Waals surface area (Å²) in [6, 6.07) is 16.8. The number of benzene rings is 2. The van der Waals surface area contributed by atoms with Crippen molar-refractivity contribution in [2.24, 2.45) is 0 Å². The zero-order valence-corrected chi connectivity index (χ0v) is 17.6. The third-order valence-electron chi connectivity index (χ3n) is 4.27. The van der Waals surface area contributed by atoms with E-state index in [0.29, 0.717) is 44.2 Å². The predicted molar refractivity (Wildman–Crippen MR) is 116 cm³/mol. The van der Waals surface area contributed by atoms with Gasteiger partial charge in [-0.25, -0.2) is 0 Å². The van der Waals surface area contributed by atoms with Crippen LogP contribution in [-0.4, -0.2) is 10.8 Å². The van der Waals surface area contributed by atoms with Gasteiger partial charge in [0.05, 0.1) is 22.9 Å². The largest absolute Gasteiger partial charge is 0.467 e. The lowest BCUT2D eigenvalue weighted by atomic mass is 10.2. The number of amides is 1. The third kappa shape index (κ3) is 3.91. The first-order valence-corrected chi connectivity index (χ1v) is 10.4. The molecule has 0 aliphatic carbocycles. The summed E-state index contributed by atoms with van der Waals surface area (Å²) in [6.45, 7) is 0.763. The van der Waals surface area contributed by atoms with Crippen LogP contribution >= 0.6 is 46.1 Å². The van der Waals surface area contributed by atoms with Crippen LogP contribution in [0.15, 0.2) is 65.3 Å². The minimum Gasteiger partial charge on any atom is -0.467 e. The maximum Gasteiger partial charge on any atom is 0.266 e. The first kappa shape index (κ1) is 19.3. The van der Waals surface area contributed by atoms with Crippen molar-refractivity contribution in [1.82, 2.24) is 4.90 Å². The van der Waals surface area contributed by atoms with E-state index in [0.717, 1.165) is 10.3 Å². The molecule has 2 aromatic carbocycles. The molecule has 2 heterocycles. The van der Waals surface area contributed by atoms with E-state index in [1.165, 1.54) is 11.3 Å². The van der Waals surface area contributed by atoms with Crippen molar-refractivity contribution in [2.75, 3.05) is 0 Å². The number of nitrogens with zero attached hydrogens (tertiary/aromatic N) is 1.